The van der Waals surface area contributed by atoms with Gasteiger partial charge in [-0.3, -0.25) is 4.79 Å². The van der Waals surface area contributed by atoms with Gasteiger partial charge in [0.2, 0.25) is 0 Å². The summed E-state index contributed by atoms with van der Waals surface area (Å²) in [6, 6.07) is 0.433. The van der Waals surface area contributed by atoms with Crippen LogP contribution in [0.1, 0.15) is 65.7 Å². The molecule has 4 heteroatoms. The van der Waals surface area contributed by atoms with Crippen LogP contribution in [-0.4, -0.2) is 21.9 Å². The topological polar surface area (TPSA) is 41.5 Å². The zero-order valence-corrected chi connectivity index (χ0v) is 13.2. The molecule has 2 aliphatic rings. The van der Waals surface area contributed by atoms with Gasteiger partial charge in [-0.15, -0.1) is 0 Å². The Morgan fingerprint density at radius 3 is 2.58 bits per heavy atom. The predicted molar refractivity (Wildman–Crippen MR) is 82.5 cm³/mol. The van der Waals surface area contributed by atoms with Crippen LogP contribution in [0.3, 0.4) is 0 Å². The molecule has 0 bridgehead atoms. The van der Waals surface area contributed by atoms with E-state index in [2.05, 4.69) is 31.1 Å². The third kappa shape index (κ3) is 3.33. The molecule has 1 amide bonds. The second kappa shape index (κ2) is 6.29. The number of amides is 1. The van der Waals surface area contributed by atoms with Crippen LogP contribution < -0.4 is 5.32 Å². The molecule has 0 aromatic rings. The lowest BCUT2D eigenvalue weighted by molar-refractivity contribution is -0.120. The van der Waals surface area contributed by atoms with Crippen LogP contribution in [0.4, 0.5) is 0 Å². The van der Waals surface area contributed by atoms with Gasteiger partial charge in [-0.05, 0) is 25.2 Å². The van der Waals surface area contributed by atoms with Crippen LogP contribution in [-0.2, 0) is 4.79 Å². The second-order valence-corrected chi connectivity index (χ2v) is 7.53. The minimum atomic E-state index is -0.214. The molecule has 0 aromatic heterocycles. The van der Waals surface area contributed by atoms with Crippen molar-refractivity contribution in [1.29, 1.82) is 0 Å². The molecule has 0 saturated heterocycles. The summed E-state index contributed by atoms with van der Waals surface area (Å²) in [4.78, 5) is 16.5. The fourth-order valence-corrected chi connectivity index (χ4v) is 4.32. The van der Waals surface area contributed by atoms with Gasteiger partial charge in [0, 0.05) is 6.04 Å². The first-order chi connectivity index (χ1) is 9.07. The predicted octanol–water partition coefficient (Wildman–Crippen LogP) is 3.73. The minimum absolute atomic E-state index is 0.110. The molecule has 1 aliphatic heterocycles. The van der Waals surface area contributed by atoms with Gasteiger partial charge in [0.1, 0.15) is 4.75 Å². The van der Waals surface area contributed by atoms with Crippen molar-refractivity contribution in [2.24, 2.45) is 10.9 Å². The Kier molecular flexibility index (Phi) is 4.93. The average molecular weight is 282 g/mol. The van der Waals surface area contributed by atoms with Crippen molar-refractivity contribution in [2.45, 2.75) is 76.5 Å². The molecule has 0 aromatic carbocycles. The molecule has 1 spiro atoms. The molecule has 1 heterocycles. The van der Waals surface area contributed by atoms with Crippen LogP contribution in [0.2, 0.25) is 0 Å². The van der Waals surface area contributed by atoms with Crippen LogP contribution in [0.15, 0.2) is 4.99 Å². The molecular formula is C15H26N2OS. The van der Waals surface area contributed by atoms with Crippen molar-refractivity contribution in [1.82, 2.24) is 5.32 Å². The number of carbonyl (C=O) groups is 1. The van der Waals surface area contributed by atoms with E-state index in [-0.39, 0.29) is 10.7 Å². The average Bonchev–Trinajstić information content (AvgIpc) is 2.66. The molecule has 1 atom stereocenters. The number of aliphatic imine (C=N–C) groups is 1. The van der Waals surface area contributed by atoms with Crippen molar-refractivity contribution in [3.8, 4) is 0 Å². The Balaban J connectivity index is 1.99. The van der Waals surface area contributed by atoms with Crippen molar-refractivity contribution >= 4 is 22.8 Å². The molecule has 0 radical (unpaired) electrons. The van der Waals surface area contributed by atoms with E-state index in [4.69, 9.17) is 0 Å². The molecule has 3 nitrogen and oxygen atoms in total. The molecule has 2 rings (SSSR count). The quantitative estimate of drug-likeness (QED) is 0.854. The number of hydrogen-bond donors (Lipinski definition) is 1. The fraction of sp³-hybridized carbons (Fsp3) is 0.867. The summed E-state index contributed by atoms with van der Waals surface area (Å²) in [5.41, 5.74) is 0. The highest BCUT2D eigenvalue weighted by atomic mass is 32.2. The zero-order chi connectivity index (χ0) is 13.9. The van der Waals surface area contributed by atoms with E-state index >= 15 is 0 Å². The van der Waals surface area contributed by atoms with E-state index in [0.717, 1.165) is 30.9 Å². The van der Waals surface area contributed by atoms with Crippen LogP contribution in [0.5, 0.6) is 0 Å². The largest absolute Gasteiger partial charge is 0.362 e. The van der Waals surface area contributed by atoms with Crippen LogP contribution in [0, 0.1) is 5.92 Å². The molecular weight excluding hydrogens is 256 g/mol. The highest BCUT2D eigenvalue weighted by Crippen LogP contribution is 2.44. The first kappa shape index (κ1) is 14.9. The zero-order valence-electron chi connectivity index (χ0n) is 12.4. The van der Waals surface area contributed by atoms with E-state index in [1.165, 1.54) is 19.3 Å². The monoisotopic (exact) mass is 282 g/mol. The Labute approximate surface area is 121 Å². The summed E-state index contributed by atoms with van der Waals surface area (Å²) < 4.78 is -0.214. The Morgan fingerprint density at radius 1 is 1.32 bits per heavy atom. The van der Waals surface area contributed by atoms with E-state index in [0.29, 0.717) is 12.0 Å². The van der Waals surface area contributed by atoms with Crippen LogP contribution >= 0.6 is 11.8 Å². The van der Waals surface area contributed by atoms with E-state index in [9.17, 15) is 4.79 Å². The number of nitrogens with zero attached hydrogens (tertiary/aromatic N) is 1. The summed E-state index contributed by atoms with van der Waals surface area (Å²) >= 11 is 1.70. The van der Waals surface area contributed by atoms with Gasteiger partial charge in [0.25, 0.3) is 5.91 Å². The SMILES string of the molecule is CCCC(NC1=NC(=O)C2(CCCCC2)S1)C(C)C. The fourth-order valence-electron chi connectivity index (χ4n) is 2.99. The van der Waals surface area contributed by atoms with Gasteiger partial charge in [-0.2, -0.15) is 4.99 Å². The van der Waals surface area contributed by atoms with Crippen molar-refractivity contribution in [2.75, 3.05) is 0 Å². The lowest BCUT2D eigenvalue weighted by Gasteiger charge is -2.30. The maximum atomic E-state index is 12.2. The highest BCUT2D eigenvalue weighted by molar-refractivity contribution is 8.16. The molecule has 108 valence electrons. The number of thioether (sulfide) groups is 1. The number of carbonyl (C=O) groups excluding carboxylic acids is 1. The van der Waals surface area contributed by atoms with Crippen molar-refractivity contribution in [3.63, 3.8) is 0 Å². The Bertz CT molecular complexity index is 359. The number of hydrogen-bond acceptors (Lipinski definition) is 3. The Hall–Kier alpha value is -0.510. The normalized spacial score (nSPS) is 23.8. The molecule has 1 aliphatic carbocycles. The third-order valence-corrected chi connectivity index (χ3v) is 5.64. The van der Waals surface area contributed by atoms with Gasteiger partial charge >= 0.3 is 0 Å². The van der Waals surface area contributed by atoms with E-state index in [1.54, 1.807) is 11.8 Å². The molecule has 1 saturated carbocycles. The molecule has 1 unspecified atom stereocenters. The summed E-state index contributed by atoms with van der Waals surface area (Å²) in [5, 5.41) is 4.38. The van der Waals surface area contributed by atoms with E-state index in [1.807, 2.05) is 0 Å². The van der Waals surface area contributed by atoms with Crippen molar-refractivity contribution < 1.29 is 4.79 Å². The maximum absolute atomic E-state index is 12.2. The third-order valence-electron chi connectivity index (χ3n) is 4.26. The summed E-state index contributed by atoms with van der Waals surface area (Å²) in [7, 11) is 0. The standard InChI is InChI=1S/C15H26N2OS/c1-4-8-12(11(2)3)16-14-17-13(18)15(19-14)9-6-5-7-10-15/h11-12H,4-10H2,1-3H3,(H,16,17,18). The first-order valence-electron chi connectivity index (χ1n) is 7.66. The summed E-state index contributed by atoms with van der Waals surface area (Å²) in [5.74, 6) is 0.681. The second-order valence-electron chi connectivity index (χ2n) is 6.16. The lowest BCUT2D eigenvalue weighted by atomic mass is 9.88. The summed E-state index contributed by atoms with van der Waals surface area (Å²) in [6.45, 7) is 6.66. The van der Waals surface area contributed by atoms with E-state index < -0.39 is 0 Å². The first-order valence-corrected chi connectivity index (χ1v) is 8.48. The van der Waals surface area contributed by atoms with Gasteiger partial charge in [-0.25, -0.2) is 0 Å². The highest BCUT2D eigenvalue weighted by Gasteiger charge is 2.46. The molecule has 1 N–H and O–H groups in total. The smallest absolute Gasteiger partial charge is 0.264 e. The number of amidine groups is 1. The van der Waals surface area contributed by atoms with Gasteiger partial charge < -0.3 is 5.32 Å². The lowest BCUT2D eigenvalue weighted by Crippen LogP contribution is -2.38. The Morgan fingerprint density at radius 2 is 2.00 bits per heavy atom. The van der Waals surface area contributed by atoms with Crippen LogP contribution in [0.25, 0.3) is 0 Å². The number of nitrogens with one attached hydrogen (secondary N) is 1. The molecule has 19 heavy (non-hydrogen) atoms. The molecule has 1 fully saturated rings. The maximum Gasteiger partial charge on any atom is 0.264 e. The van der Waals surface area contributed by atoms with Gasteiger partial charge in [-0.1, -0.05) is 58.2 Å². The minimum Gasteiger partial charge on any atom is -0.362 e. The van der Waals surface area contributed by atoms with Gasteiger partial charge in [0.15, 0.2) is 5.17 Å². The summed E-state index contributed by atoms with van der Waals surface area (Å²) in [6.07, 6.45) is 7.92. The number of rotatable bonds is 4. The van der Waals surface area contributed by atoms with Crippen molar-refractivity contribution in [3.05, 3.63) is 0 Å². The van der Waals surface area contributed by atoms with Gasteiger partial charge in [0.05, 0.1) is 0 Å².